The number of amides is 1. The van der Waals surface area contributed by atoms with Crippen LogP contribution in [0.15, 0.2) is 24.7 Å². The van der Waals surface area contributed by atoms with Gasteiger partial charge in [0.05, 0.1) is 13.2 Å². The van der Waals surface area contributed by atoms with Gasteiger partial charge in [0.1, 0.15) is 17.9 Å². The minimum absolute atomic E-state index is 0.203. The van der Waals surface area contributed by atoms with E-state index in [0.717, 1.165) is 68.0 Å². The molecule has 5 rings (SSSR count). The molecule has 0 unspecified atom stereocenters. The van der Waals surface area contributed by atoms with Crippen LogP contribution < -0.4 is 10.1 Å². The second kappa shape index (κ2) is 10.8. The van der Waals surface area contributed by atoms with Crippen molar-refractivity contribution in [3.8, 4) is 5.75 Å². The number of rotatable bonds is 8. The molecule has 1 N–H and O–H groups in total. The van der Waals surface area contributed by atoms with Crippen molar-refractivity contribution in [3.05, 3.63) is 47.2 Å². The zero-order valence-electron chi connectivity index (χ0n) is 21.0. The summed E-state index contributed by atoms with van der Waals surface area (Å²) in [6, 6.07) is 3.14. The molecule has 36 heavy (non-hydrogen) atoms. The SMILES string of the molecule is CCN(CC)CC(=O)N1CCC[C@@H](c2cnc(NCc3c(F)ccc4c3CCO4)n3cnnc23)CC1. The van der Waals surface area contributed by atoms with Crippen LogP contribution in [-0.2, 0) is 17.8 Å². The van der Waals surface area contributed by atoms with E-state index in [0.29, 0.717) is 37.6 Å². The molecule has 4 heterocycles. The monoisotopic (exact) mass is 495 g/mol. The summed E-state index contributed by atoms with van der Waals surface area (Å²) >= 11 is 0. The van der Waals surface area contributed by atoms with E-state index >= 15 is 0 Å². The summed E-state index contributed by atoms with van der Waals surface area (Å²) in [4.78, 5) is 21.6. The molecule has 192 valence electrons. The number of aromatic nitrogens is 4. The Morgan fingerprint density at radius 3 is 2.94 bits per heavy atom. The molecule has 1 amide bonds. The molecular weight excluding hydrogens is 461 g/mol. The first kappa shape index (κ1) is 24.4. The summed E-state index contributed by atoms with van der Waals surface area (Å²) in [6.07, 6.45) is 6.97. The molecule has 2 aliphatic heterocycles. The van der Waals surface area contributed by atoms with Crippen molar-refractivity contribution in [3.63, 3.8) is 0 Å². The summed E-state index contributed by atoms with van der Waals surface area (Å²) in [5.41, 5.74) is 3.31. The molecule has 0 radical (unpaired) electrons. The summed E-state index contributed by atoms with van der Waals surface area (Å²) in [5.74, 6) is 1.52. The smallest absolute Gasteiger partial charge is 0.236 e. The topological polar surface area (TPSA) is 87.9 Å². The Bertz CT molecular complexity index is 1230. The number of hydrogen-bond acceptors (Lipinski definition) is 7. The first-order valence-corrected chi connectivity index (χ1v) is 12.9. The molecule has 0 aliphatic carbocycles. The average Bonchev–Trinajstić information content (AvgIpc) is 3.51. The van der Waals surface area contributed by atoms with E-state index in [9.17, 15) is 9.18 Å². The minimum atomic E-state index is -0.248. The van der Waals surface area contributed by atoms with Crippen LogP contribution in [0.3, 0.4) is 0 Å². The number of carbonyl (C=O) groups is 1. The normalized spacial score (nSPS) is 17.8. The third-order valence-corrected chi connectivity index (χ3v) is 7.50. The maximum atomic E-state index is 14.6. The standard InChI is InChI=1S/C26H34FN7O2/c1-3-32(4-2)16-24(35)33-11-5-6-18(9-12-33)20-14-28-26(34-17-30-31-25(20)34)29-15-21-19-10-13-36-23(19)8-7-22(21)27/h7-8,14,17-18H,3-6,9-13,15-16H2,1-2H3,(H,28,29)/t18-/m1/s1. The lowest BCUT2D eigenvalue weighted by molar-refractivity contribution is -0.132. The number of fused-ring (bicyclic) bond motifs is 2. The second-order valence-electron chi connectivity index (χ2n) is 9.49. The molecule has 1 aromatic carbocycles. The number of benzene rings is 1. The van der Waals surface area contributed by atoms with E-state index in [-0.39, 0.29) is 17.6 Å². The Balaban J connectivity index is 1.30. The van der Waals surface area contributed by atoms with E-state index < -0.39 is 0 Å². The largest absolute Gasteiger partial charge is 0.493 e. The van der Waals surface area contributed by atoms with Crippen molar-refractivity contribution in [2.75, 3.05) is 44.6 Å². The van der Waals surface area contributed by atoms with Crippen molar-refractivity contribution in [1.29, 1.82) is 0 Å². The highest BCUT2D eigenvalue weighted by Crippen LogP contribution is 2.32. The van der Waals surface area contributed by atoms with Crippen molar-refractivity contribution >= 4 is 17.5 Å². The van der Waals surface area contributed by atoms with Gasteiger partial charge in [-0.25, -0.2) is 9.37 Å². The van der Waals surface area contributed by atoms with Crippen LogP contribution in [0.1, 0.15) is 55.7 Å². The molecule has 1 atom stereocenters. The molecule has 1 saturated heterocycles. The van der Waals surface area contributed by atoms with Gasteiger partial charge < -0.3 is 15.0 Å². The van der Waals surface area contributed by atoms with Gasteiger partial charge in [0.25, 0.3) is 0 Å². The van der Waals surface area contributed by atoms with Crippen LogP contribution in [0.5, 0.6) is 5.75 Å². The number of ether oxygens (including phenoxy) is 1. The second-order valence-corrected chi connectivity index (χ2v) is 9.49. The van der Waals surface area contributed by atoms with E-state index in [2.05, 4.69) is 39.2 Å². The van der Waals surface area contributed by atoms with Gasteiger partial charge in [-0.2, -0.15) is 0 Å². The predicted molar refractivity (Wildman–Crippen MR) is 135 cm³/mol. The van der Waals surface area contributed by atoms with Gasteiger partial charge in [-0.1, -0.05) is 13.8 Å². The number of likely N-dealkylation sites (tertiary alicyclic amines) is 1. The molecule has 2 aliphatic rings. The van der Waals surface area contributed by atoms with Gasteiger partial charge in [-0.3, -0.25) is 14.1 Å². The van der Waals surface area contributed by atoms with E-state index in [4.69, 9.17) is 4.74 Å². The number of likely N-dealkylation sites (N-methyl/N-ethyl adjacent to an activating group) is 1. The van der Waals surface area contributed by atoms with Crippen LogP contribution in [0.4, 0.5) is 10.3 Å². The molecular formula is C26H34FN7O2. The Morgan fingerprint density at radius 2 is 2.11 bits per heavy atom. The van der Waals surface area contributed by atoms with Crippen molar-refractivity contribution in [2.24, 2.45) is 0 Å². The number of hydrogen-bond donors (Lipinski definition) is 1. The van der Waals surface area contributed by atoms with E-state index in [1.807, 2.05) is 15.5 Å². The fourth-order valence-electron chi connectivity index (χ4n) is 5.33. The predicted octanol–water partition coefficient (Wildman–Crippen LogP) is 3.25. The summed E-state index contributed by atoms with van der Waals surface area (Å²) in [6.45, 7) is 8.79. The molecule has 9 nitrogen and oxygen atoms in total. The Morgan fingerprint density at radius 1 is 1.25 bits per heavy atom. The third kappa shape index (κ3) is 4.86. The lowest BCUT2D eigenvalue weighted by Crippen LogP contribution is -2.40. The highest BCUT2D eigenvalue weighted by atomic mass is 19.1. The highest BCUT2D eigenvalue weighted by Gasteiger charge is 2.25. The first-order chi connectivity index (χ1) is 17.6. The lowest BCUT2D eigenvalue weighted by atomic mass is 9.94. The minimum Gasteiger partial charge on any atom is -0.493 e. The Labute approximate surface area is 210 Å². The molecule has 0 saturated carbocycles. The van der Waals surface area contributed by atoms with E-state index in [1.54, 1.807) is 12.4 Å². The van der Waals surface area contributed by atoms with E-state index in [1.165, 1.54) is 6.07 Å². The molecule has 1 fully saturated rings. The van der Waals surface area contributed by atoms with Crippen LogP contribution in [0, 0.1) is 5.82 Å². The summed E-state index contributed by atoms with van der Waals surface area (Å²) in [7, 11) is 0. The van der Waals surface area contributed by atoms with Crippen LogP contribution >= 0.6 is 0 Å². The van der Waals surface area contributed by atoms with Crippen molar-refractivity contribution in [1.82, 2.24) is 29.4 Å². The summed E-state index contributed by atoms with van der Waals surface area (Å²) < 4.78 is 22.0. The number of carbonyl (C=O) groups excluding carboxylic acids is 1. The van der Waals surface area contributed by atoms with Crippen LogP contribution in [0.25, 0.3) is 5.65 Å². The summed E-state index contributed by atoms with van der Waals surface area (Å²) in [5, 5.41) is 11.8. The fraction of sp³-hybridized carbons (Fsp3) is 0.538. The number of halogens is 1. The number of anilines is 1. The van der Waals surface area contributed by atoms with Crippen molar-refractivity contribution < 1.29 is 13.9 Å². The van der Waals surface area contributed by atoms with Crippen LogP contribution in [-0.4, -0.2) is 74.6 Å². The molecule has 2 aromatic heterocycles. The zero-order valence-corrected chi connectivity index (χ0v) is 21.0. The van der Waals surface area contributed by atoms with Crippen LogP contribution in [0.2, 0.25) is 0 Å². The van der Waals surface area contributed by atoms with Gasteiger partial charge in [-0.15, -0.1) is 10.2 Å². The van der Waals surface area contributed by atoms with Gasteiger partial charge in [-0.05, 0) is 50.4 Å². The first-order valence-electron chi connectivity index (χ1n) is 12.9. The average molecular weight is 496 g/mol. The maximum Gasteiger partial charge on any atom is 0.236 e. The highest BCUT2D eigenvalue weighted by molar-refractivity contribution is 5.78. The maximum absolute atomic E-state index is 14.6. The fourth-order valence-corrected chi connectivity index (χ4v) is 5.33. The third-order valence-electron chi connectivity index (χ3n) is 7.50. The van der Waals surface area contributed by atoms with Gasteiger partial charge in [0.15, 0.2) is 5.65 Å². The molecule has 0 bridgehead atoms. The Hall–Kier alpha value is -3.27. The Kier molecular flexibility index (Phi) is 7.31. The van der Waals surface area contributed by atoms with Gasteiger partial charge in [0, 0.05) is 48.9 Å². The van der Waals surface area contributed by atoms with Crippen molar-refractivity contribution in [2.45, 2.75) is 52.0 Å². The molecule has 0 spiro atoms. The van der Waals surface area contributed by atoms with Gasteiger partial charge in [0.2, 0.25) is 11.9 Å². The lowest BCUT2D eigenvalue weighted by Gasteiger charge is -2.25. The molecule has 3 aromatic rings. The van der Waals surface area contributed by atoms with Gasteiger partial charge >= 0.3 is 0 Å². The quantitative estimate of drug-likeness (QED) is 0.513. The number of nitrogens with one attached hydrogen (secondary N) is 1. The zero-order chi connectivity index (χ0) is 25.1. The molecule has 10 heteroatoms. The number of nitrogens with zero attached hydrogens (tertiary/aromatic N) is 6.